The van der Waals surface area contributed by atoms with Crippen LogP contribution < -0.4 is 24.4 Å². The third-order valence-electron chi connectivity index (χ3n) is 5.25. The first-order valence-electron chi connectivity index (χ1n) is 8.92. The van der Waals surface area contributed by atoms with Crippen LogP contribution in [-0.4, -0.2) is 29.9 Å². The molecule has 9 heteroatoms. The van der Waals surface area contributed by atoms with Gasteiger partial charge >= 0.3 is 6.03 Å². The molecular formula is C19H17N3O6. The molecule has 3 aliphatic heterocycles. The van der Waals surface area contributed by atoms with Crippen LogP contribution in [0, 0.1) is 10.1 Å². The second kappa shape index (κ2) is 5.75. The monoisotopic (exact) mass is 383 g/mol. The number of rotatable bonds is 2. The molecule has 0 saturated carbocycles. The number of hydrogen-bond donors (Lipinski definition) is 1. The first-order chi connectivity index (χ1) is 13.4. The molecule has 5 rings (SSSR count). The number of nitro benzene ring substituents is 1. The fourth-order valence-corrected chi connectivity index (χ4v) is 4.04. The zero-order chi connectivity index (χ0) is 19.5. The van der Waals surface area contributed by atoms with Gasteiger partial charge < -0.3 is 19.5 Å². The largest absolute Gasteiger partial charge is 0.486 e. The van der Waals surface area contributed by atoms with E-state index in [1.54, 1.807) is 29.2 Å². The zero-order valence-corrected chi connectivity index (χ0v) is 15.0. The Labute approximate surface area is 159 Å². The summed E-state index contributed by atoms with van der Waals surface area (Å²) in [4.78, 5) is 25.1. The number of fused-ring (bicyclic) bond motifs is 5. The van der Waals surface area contributed by atoms with E-state index in [9.17, 15) is 14.9 Å². The Morgan fingerprint density at radius 2 is 1.89 bits per heavy atom. The van der Waals surface area contributed by atoms with Crippen LogP contribution in [0.25, 0.3) is 0 Å². The Kier molecular flexibility index (Phi) is 3.42. The van der Waals surface area contributed by atoms with Crippen molar-refractivity contribution < 1.29 is 23.9 Å². The molecule has 0 radical (unpaired) electrons. The van der Waals surface area contributed by atoms with Gasteiger partial charge in [-0.2, -0.15) is 0 Å². The van der Waals surface area contributed by atoms with Crippen molar-refractivity contribution in [1.29, 1.82) is 0 Å². The van der Waals surface area contributed by atoms with E-state index in [-0.39, 0.29) is 17.8 Å². The Bertz CT molecular complexity index is 1010. The minimum Gasteiger partial charge on any atom is -0.486 e. The van der Waals surface area contributed by atoms with Gasteiger partial charge in [-0.15, -0.1) is 0 Å². The average molecular weight is 383 g/mol. The number of ether oxygens (including phenoxy) is 3. The van der Waals surface area contributed by atoms with Crippen molar-refractivity contribution in [2.45, 2.75) is 25.1 Å². The van der Waals surface area contributed by atoms with Crippen LogP contribution >= 0.6 is 0 Å². The van der Waals surface area contributed by atoms with Crippen LogP contribution in [-0.2, 0) is 0 Å². The van der Waals surface area contributed by atoms with E-state index in [4.69, 9.17) is 14.2 Å². The minimum absolute atomic E-state index is 0.0329. The van der Waals surface area contributed by atoms with E-state index in [0.717, 1.165) is 0 Å². The Hall–Kier alpha value is -3.49. The Balaban J connectivity index is 1.55. The number of non-ortho nitro benzene ring substituents is 1. The quantitative estimate of drug-likeness (QED) is 0.631. The molecule has 2 unspecified atom stereocenters. The summed E-state index contributed by atoms with van der Waals surface area (Å²) >= 11 is 0. The summed E-state index contributed by atoms with van der Waals surface area (Å²) in [6, 6.07) is 9.05. The average Bonchev–Trinajstić information content (AvgIpc) is 2.67. The van der Waals surface area contributed by atoms with Crippen molar-refractivity contribution in [3.8, 4) is 17.2 Å². The number of nitro groups is 1. The smallest absolute Gasteiger partial charge is 0.325 e. The molecule has 1 N–H and O–H groups in total. The highest BCUT2D eigenvalue weighted by Gasteiger charge is 2.50. The number of benzene rings is 2. The molecule has 1 fully saturated rings. The second-order valence-electron chi connectivity index (χ2n) is 7.13. The standard InChI is InChI=1S/C19H17N3O6/c1-19-10-14(13-8-12(22(24)25)3-4-15(13)28-19)20-18(23)21(19)11-2-5-16-17(9-11)27-7-6-26-16/h2-5,8-9,14H,6-7,10H2,1H3,(H,20,23). The maximum atomic E-state index is 12.9. The summed E-state index contributed by atoms with van der Waals surface area (Å²) in [7, 11) is 0. The van der Waals surface area contributed by atoms with Crippen LogP contribution in [0.5, 0.6) is 17.2 Å². The number of amides is 2. The summed E-state index contributed by atoms with van der Waals surface area (Å²) in [5.74, 6) is 1.73. The fraction of sp³-hybridized carbons (Fsp3) is 0.316. The molecule has 2 atom stereocenters. The molecular weight excluding hydrogens is 366 g/mol. The molecule has 3 aliphatic rings. The van der Waals surface area contributed by atoms with Gasteiger partial charge in [0.1, 0.15) is 19.0 Å². The van der Waals surface area contributed by atoms with Gasteiger partial charge in [-0.25, -0.2) is 4.79 Å². The molecule has 0 aliphatic carbocycles. The van der Waals surface area contributed by atoms with E-state index in [0.29, 0.717) is 48.1 Å². The van der Waals surface area contributed by atoms with Gasteiger partial charge in [-0.1, -0.05) is 0 Å². The van der Waals surface area contributed by atoms with E-state index >= 15 is 0 Å². The topological polar surface area (TPSA) is 103 Å². The van der Waals surface area contributed by atoms with E-state index in [2.05, 4.69) is 5.32 Å². The zero-order valence-electron chi connectivity index (χ0n) is 15.0. The van der Waals surface area contributed by atoms with E-state index in [1.165, 1.54) is 12.1 Å². The van der Waals surface area contributed by atoms with Crippen molar-refractivity contribution in [1.82, 2.24) is 5.32 Å². The Morgan fingerprint density at radius 3 is 2.68 bits per heavy atom. The lowest BCUT2D eigenvalue weighted by molar-refractivity contribution is -0.385. The minimum atomic E-state index is -0.945. The number of anilines is 1. The highest BCUT2D eigenvalue weighted by molar-refractivity contribution is 5.95. The van der Waals surface area contributed by atoms with Gasteiger partial charge in [-0.05, 0) is 25.1 Å². The van der Waals surface area contributed by atoms with Crippen molar-refractivity contribution in [3.63, 3.8) is 0 Å². The molecule has 9 nitrogen and oxygen atoms in total. The molecule has 2 aromatic carbocycles. The summed E-state index contributed by atoms with van der Waals surface area (Å²) < 4.78 is 17.4. The first kappa shape index (κ1) is 16.7. The third kappa shape index (κ3) is 2.43. The first-order valence-corrected chi connectivity index (χ1v) is 8.92. The van der Waals surface area contributed by atoms with Crippen molar-refractivity contribution in [2.75, 3.05) is 18.1 Å². The fourth-order valence-electron chi connectivity index (χ4n) is 4.04. The maximum absolute atomic E-state index is 12.9. The molecule has 3 heterocycles. The Morgan fingerprint density at radius 1 is 1.14 bits per heavy atom. The van der Waals surface area contributed by atoms with Gasteiger partial charge in [0.25, 0.3) is 5.69 Å². The lowest BCUT2D eigenvalue weighted by Gasteiger charge is -2.50. The summed E-state index contributed by atoms with van der Waals surface area (Å²) in [6.07, 6.45) is 0.446. The number of carbonyl (C=O) groups is 1. The number of urea groups is 1. The summed E-state index contributed by atoms with van der Waals surface area (Å²) in [5.41, 5.74) is 0.254. The number of hydrogen-bond acceptors (Lipinski definition) is 6. The predicted molar refractivity (Wildman–Crippen MR) is 97.9 cm³/mol. The molecule has 1 saturated heterocycles. The molecule has 2 bridgehead atoms. The molecule has 2 aromatic rings. The molecule has 0 spiro atoms. The van der Waals surface area contributed by atoms with Gasteiger partial charge in [0.05, 0.1) is 16.7 Å². The van der Waals surface area contributed by atoms with Crippen LogP contribution in [0.1, 0.15) is 24.9 Å². The maximum Gasteiger partial charge on any atom is 0.325 e. The molecule has 28 heavy (non-hydrogen) atoms. The number of nitrogens with zero attached hydrogens (tertiary/aromatic N) is 2. The highest BCUT2D eigenvalue weighted by Crippen LogP contribution is 2.47. The van der Waals surface area contributed by atoms with Gasteiger partial charge in [0.15, 0.2) is 17.2 Å². The lowest BCUT2D eigenvalue weighted by atomic mass is 9.90. The van der Waals surface area contributed by atoms with Crippen molar-refractivity contribution in [2.24, 2.45) is 0 Å². The lowest BCUT2D eigenvalue weighted by Crippen LogP contribution is -2.65. The third-order valence-corrected chi connectivity index (χ3v) is 5.25. The summed E-state index contributed by atoms with van der Waals surface area (Å²) in [5, 5.41) is 14.0. The van der Waals surface area contributed by atoms with Crippen LogP contribution in [0.3, 0.4) is 0 Å². The summed E-state index contributed by atoms with van der Waals surface area (Å²) in [6.45, 7) is 2.77. The van der Waals surface area contributed by atoms with Gasteiger partial charge in [0.2, 0.25) is 0 Å². The normalized spacial score (nSPS) is 24.7. The number of nitrogens with one attached hydrogen (secondary N) is 1. The highest BCUT2D eigenvalue weighted by atomic mass is 16.6. The molecule has 2 amide bonds. The predicted octanol–water partition coefficient (Wildman–Crippen LogP) is 3.14. The number of carbonyl (C=O) groups excluding carboxylic acids is 1. The van der Waals surface area contributed by atoms with Crippen molar-refractivity contribution in [3.05, 3.63) is 52.1 Å². The molecule has 144 valence electrons. The van der Waals surface area contributed by atoms with Gasteiger partial charge in [0, 0.05) is 30.2 Å². The SMILES string of the molecule is CC12CC(NC(=O)N1c1ccc3c(c1)OCCO3)c1cc([N+](=O)[O-])ccc1O2. The van der Waals surface area contributed by atoms with Crippen LogP contribution in [0.2, 0.25) is 0 Å². The van der Waals surface area contributed by atoms with E-state index in [1.807, 2.05) is 6.92 Å². The second-order valence-corrected chi connectivity index (χ2v) is 7.13. The molecule has 0 aromatic heterocycles. The van der Waals surface area contributed by atoms with Crippen LogP contribution in [0.15, 0.2) is 36.4 Å². The van der Waals surface area contributed by atoms with Gasteiger partial charge in [-0.3, -0.25) is 15.0 Å². The van der Waals surface area contributed by atoms with E-state index < -0.39 is 10.6 Å². The van der Waals surface area contributed by atoms with Crippen LogP contribution in [0.4, 0.5) is 16.2 Å². The van der Waals surface area contributed by atoms with Crippen molar-refractivity contribution >= 4 is 17.4 Å².